The summed E-state index contributed by atoms with van der Waals surface area (Å²) in [5.74, 6) is -0.834. The lowest BCUT2D eigenvalue weighted by molar-refractivity contribution is -0.137. The molecule has 2 rings (SSSR count). The van der Waals surface area contributed by atoms with Crippen LogP contribution in [0.15, 0.2) is 42.5 Å². The number of rotatable bonds is 6. The van der Waals surface area contributed by atoms with E-state index in [2.05, 4.69) is 5.32 Å². The zero-order valence-corrected chi connectivity index (χ0v) is 17.6. The van der Waals surface area contributed by atoms with Crippen LogP contribution in [0.1, 0.15) is 18.9 Å². The van der Waals surface area contributed by atoms with Crippen molar-refractivity contribution >= 4 is 50.5 Å². The second-order valence-electron chi connectivity index (χ2n) is 6.14. The molecular formula is C18H17Cl2F3N2O3S. The number of carbonyl (C=O) groups excluding carboxylic acids is 1. The average molecular weight is 469 g/mol. The normalized spacial score (nSPS) is 13.1. The number of amides is 1. The summed E-state index contributed by atoms with van der Waals surface area (Å²) in [7, 11) is -3.92. The highest BCUT2D eigenvalue weighted by Crippen LogP contribution is 2.34. The monoisotopic (exact) mass is 468 g/mol. The summed E-state index contributed by atoms with van der Waals surface area (Å²) in [6.07, 6.45) is -3.67. The molecule has 0 heterocycles. The maximum Gasteiger partial charge on any atom is 0.416 e. The van der Waals surface area contributed by atoms with Gasteiger partial charge < -0.3 is 5.32 Å². The Balaban J connectivity index is 2.43. The first kappa shape index (κ1) is 23.3. The molecule has 0 bridgehead atoms. The van der Waals surface area contributed by atoms with Crippen molar-refractivity contribution < 1.29 is 26.4 Å². The minimum Gasteiger partial charge on any atom is -0.323 e. The Morgan fingerprint density at radius 3 is 2.34 bits per heavy atom. The minimum absolute atomic E-state index is 0.0436. The Morgan fingerprint density at radius 1 is 1.17 bits per heavy atom. The van der Waals surface area contributed by atoms with Crippen molar-refractivity contribution in [3.05, 3.63) is 58.1 Å². The van der Waals surface area contributed by atoms with Crippen molar-refractivity contribution in [3.63, 3.8) is 0 Å². The van der Waals surface area contributed by atoms with Gasteiger partial charge in [-0.05, 0) is 42.8 Å². The van der Waals surface area contributed by atoms with Crippen LogP contribution in [-0.4, -0.2) is 26.6 Å². The first-order chi connectivity index (χ1) is 13.3. The highest BCUT2D eigenvalue weighted by molar-refractivity contribution is 7.92. The quantitative estimate of drug-likeness (QED) is 0.633. The molecule has 0 aliphatic heterocycles. The summed E-state index contributed by atoms with van der Waals surface area (Å²) in [6, 6.07) is 7.12. The molecule has 0 aliphatic carbocycles. The number of halogens is 5. The third-order valence-corrected chi connectivity index (χ3v) is 5.69. The minimum atomic E-state index is -4.63. The fraction of sp³-hybridized carbons (Fsp3) is 0.278. The topological polar surface area (TPSA) is 66.5 Å². The molecule has 0 unspecified atom stereocenters. The molecule has 2 aromatic carbocycles. The van der Waals surface area contributed by atoms with Crippen LogP contribution in [-0.2, 0) is 21.0 Å². The standard InChI is InChI=1S/C18H17Cl2F3N2O3S/c1-3-16(25(29(2,27)28)13-6-4-5-12(19)10-13)17(26)24-15-9-11(18(21,22)23)7-8-14(15)20/h4-10,16H,3H2,1-2H3,(H,24,26)/t16-/m1/s1. The molecule has 1 N–H and O–H groups in total. The maximum atomic E-state index is 12.9. The lowest BCUT2D eigenvalue weighted by Crippen LogP contribution is -2.47. The molecule has 1 amide bonds. The van der Waals surface area contributed by atoms with E-state index in [1.165, 1.54) is 24.3 Å². The van der Waals surface area contributed by atoms with Gasteiger partial charge in [0.25, 0.3) is 0 Å². The number of anilines is 2. The summed E-state index contributed by atoms with van der Waals surface area (Å²) in [5, 5.41) is 2.44. The van der Waals surface area contributed by atoms with Gasteiger partial charge in [-0.25, -0.2) is 8.42 Å². The maximum absolute atomic E-state index is 12.9. The molecule has 158 valence electrons. The van der Waals surface area contributed by atoms with E-state index in [0.717, 1.165) is 22.7 Å². The Bertz CT molecular complexity index is 1010. The fourth-order valence-corrected chi connectivity index (χ4v) is 4.24. The molecule has 0 aliphatic rings. The third kappa shape index (κ3) is 5.77. The van der Waals surface area contributed by atoms with Gasteiger partial charge in [0, 0.05) is 5.02 Å². The smallest absolute Gasteiger partial charge is 0.323 e. The summed E-state index contributed by atoms with van der Waals surface area (Å²) in [5.41, 5.74) is -1.12. The van der Waals surface area contributed by atoms with Gasteiger partial charge in [-0.1, -0.05) is 36.2 Å². The van der Waals surface area contributed by atoms with Crippen molar-refractivity contribution in [2.45, 2.75) is 25.6 Å². The number of carbonyl (C=O) groups is 1. The van der Waals surface area contributed by atoms with Gasteiger partial charge in [-0.2, -0.15) is 13.2 Å². The molecule has 0 saturated carbocycles. The van der Waals surface area contributed by atoms with E-state index in [1.54, 1.807) is 6.92 Å². The van der Waals surface area contributed by atoms with Gasteiger partial charge in [0.1, 0.15) is 6.04 Å². The number of hydrogen-bond donors (Lipinski definition) is 1. The molecular weight excluding hydrogens is 452 g/mol. The van der Waals surface area contributed by atoms with Gasteiger partial charge in [-0.3, -0.25) is 9.10 Å². The van der Waals surface area contributed by atoms with Crippen LogP contribution < -0.4 is 9.62 Å². The summed E-state index contributed by atoms with van der Waals surface area (Å²) >= 11 is 11.8. The van der Waals surface area contributed by atoms with Crippen LogP contribution in [0.25, 0.3) is 0 Å². The first-order valence-electron chi connectivity index (χ1n) is 8.27. The number of nitrogens with one attached hydrogen (secondary N) is 1. The highest BCUT2D eigenvalue weighted by atomic mass is 35.5. The van der Waals surface area contributed by atoms with Gasteiger partial charge in [-0.15, -0.1) is 0 Å². The van der Waals surface area contributed by atoms with E-state index >= 15 is 0 Å². The molecule has 0 fully saturated rings. The van der Waals surface area contributed by atoms with Gasteiger partial charge >= 0.3 is 6.18 Å². The van der Waals surface area contributed by atoms with Crippen LogP contribution in [0, 0.1) is 0 Å². The highest BCUT2D eigenvalue weighted by Gasteiger charge is 2.34. The van der Waals surface area contributed by atoms with Gasteiger partial charge in [0.15, 0.2) is 0 Å². The lowest BCUT2D eigenvalue weighted by Gasteiger charge is -2.30. The number of sulfonamides is 1. The third-order valence-electron chi connectivity index (χ3n) is 3.94. The molecule has 29 heavy (non-hydrogen) atoms. The van der Waals surface area contributed by atoms with E-state index < -0.39 is 33.7 Å². The Morgan fingerprint density at radius 2 is 1.83 bits per heavy atom. The second kappa shape index (κ2) is 8.81. The Kier molecular flexibility index (Phi) is 7.08. The van der Waals surface area contributed by atoms with Gasteiger partial charge in [0.2, 0.25) is 15.9 Å². The van der Waals surface area contributed by atoms with E-state index in [9.17, 15) is 26.4 Å². The van der Waals surface area contributed by atoms with Crippen LogP contribution in [0.4, 0.5) is 24.5 Å². The van der Waals surface area contributed by atoms with Crippen LogP contribution in [0.3, 0.4) is 0 Å². The molecule has 0 saturated heterocycles. The molecule has 2 aromatic rings. The zero-order valence-electron chi connectivity index (χ0n) is 15.3. The second-order valence-corrected chi connectivity index (χ2v) is 8.85. The van der Waals surface area contributed by atoms with Crippen molar-refractivity contribution in [3.8, 4) is 0 Å². The van der Waals surface area contributed by atoms with E-state index in [0.29, 0.717) is 6.07 Å². The molecule has 0 aromatic heterocycles. The zero-order chi connectivity index (χ0) is 22.0. The molecule has 11 heteroatoms. The summed E-state index contributed by atoms with van der Waals surface area (Å²) in [6.45, 7) is 1.57. The number of alkyl halides is 3. The van der Waals surface area contributed by atoms with E-state index in [-0.39, 0.29) is 27.8 Å². The number of nitrogens with zero attached hydrogens (tertiary/aromatic N) is 1. The largest absolute Gasteiger partial charge is 0.416 e. The SMILES string of the molecule is CC[C@H](C(=O)Nc1cc(C(F)(F)F)ccc1Cl)N(c1cccc(Cl)c1)S(C)(=O)=O. The number of benzene rings is 2. The first-order valence-corrected chi connectivity index (χ1v) is 10.9. The Hall–Kier alpha value is -1.97. The van der Waals surface area contributed by atoms with Crippen molar-refractivity contribution in [1.29, 1.82) is 0 Å². The van der Waals surface area contributed by atoms with Crippen molar-refractivity contribution in [2.24, 2.45) is 0 Å². The average Bonchev–Trinajstić information content (AvgIpc) is 2.59. The summed E-state index contributed by atoms with van der Waals surface area (Å²) < 4.78 is 64.5. The molecule has 5 nitrogen and oxygen atoms in total. The summed E-state index contributed by atoms with van der Waals surface area (Å²) in [4.78, 5) is 12.8. The van der Waals surface area contributed by atoms with Crippen molar-refractivity contribution in [1.82, 2.24) is 0 Å². The van der Waals surface area contributed by atoms with Gasteiger partial charge in [0.05, 0.1) is 28.2 Å². The van der Waals surface area contributed by atoms with E-state index in [1.807, 2.05) is 0 Å². The van der Waals surface area contributed by atoms with Crippen LogP contribution >= 0.6 is 23.2 Å². The van der Waals surface area contributed by atoms with E-state index in [4.69, 9.17) is 23.2 Å². The fourth-order valence-electron chi connectivity index (χ4n) is 2.69. The lowest BCUT2D eigenvalue weighted by atomic mass is 10.1. The molecule has 1 atom stereocenters. The Labute approximate surface area is 176 Å². The van der Waals surface area contributed by atoms with Crippen LogP contribution in [0.2, 0.25) is 10.0 Å². The predicted octanol–water partition coefficient (Wildman–Crippen LogP) is 5.20. The van der Waals surface area contributed by atoms with Crippen molar-refractivity contribution in [2.75, 3.05) is 15.9 Å². The molecule has 0 radical (unpaired) electrons. The predicted molar refractivity (Wildman–Crippen MR) is 108 cm³/mol. The number of hydrogen-bond acceptors (Lipinski definition) is 3. The molecule has 0 spiro atoms. The van der Waals surface area contributed by atoms with Crippen LogP contribution in [0.5, 0.6) is 0 Å².